The zero-order valence-corrected chi connectivity index (χ0v) is 25.7. The van der Waals surface area contributed by atoms with Crippen LogP contribution in [0.4, 0.5) is 5.69 Å². The fraction of sp³-hybridized carbons (Fsp3) is 0.333. The second-order valence-electron chi connectivity index (χ2n) is 9.33. The Morgan fingerprint density at radius 2 is 1.66 bits per heavy atom. The molecule has 2 amide bonds. The van der Waals surface area contributed by atoms with Gasteiger partial charge in [-0.05, 0) is 74.4 Å². The largest absolute Gasteiger partial charge is 0.494 e. The molecule has 0 aliphatic rings. The molecule has 0 radical (unpaired) electrons. The first-order valence-corrected chi connectivity index (χ1v) is 15.6. The molecule has 0 spiro atoms. The van der Waals surface area contributed by atoms with Crippen molar-refractivity contribution in [3.05, 3.63) is 88.4 Å². The summed E-state index contributed by atoms with van der Waals surface area (Å²) in [7, 11) is -4.16. The van der Waals surface area contributed by atoms with Crippen molar-refractivity contribution in [3.8, 4) is 5.75 Å². The van der Waals surface area contributed by atoms with Crippen molar-refractivity contribution < 1.29 is 22.7 Å². The van der Waals surface area contributed by atoms with E-state index >= 15 is 0 Å². The Balaban J connectivity index is 2.01. The standard InChI is InChI=1S/C30H35Cl2N3O5S/c1-4-6-18-33-30(37)22(3)34(20-23-12-13-24(31)19-28(23)32)29(36)21-35(25-14-16-26(17-15-25)40-5-2)41(38,39)27-10-8-7-9-11-27/h7-17,19,22H,4-6,18,20-21H2,1-3H3,(H,33,37)/t22-/m1/s1. The van der Waals surface area contributed by atoms with Crippen LogP contribution in [0.2, 0.25) is 10.0 Å². The smallest absolute Gasteiger partial charge is 0.264 e. The molecule has 11 heteroatoms. The lowest BCUT2D eigenvalue weighted by atomic mass is 10.1. The quantitative estimate of drug-likeness (QED) is 0.226. The first kappa shape index (κ1) is 32.2. The van der Waals surface area contributed by atoms with Crippen molar-refractivity contribution in [2.24, 2.45) is 0 Å². The van der Waals surface area contributed by atoms with E-state index in [4.69, 9.17) is 27.9 Å². The topological polar surface area (TPSA) is 96.0 Å². The summed E-state index contributed by atoms with van der Waals surface area (Å²) in [5.41, 5.74) is 0.839. The van der Waals surface area contributed by atoms with Crippen molar-refractivity contribution in [2.75, 3.05) is 24.0 Å². The molecule has 0 aliphatic heterocycles. The number of ether oxygens (including phenoxy) is 1. The van der Waals surface area contributed by atoms with Crippen molar-refractivity contribution in [2.45, 2.75) is 51.1 Å². The number of hydrogen-bond acceptors (Lipinski definition) is 5. The Labute approximate surface area is 252 Å². The van der Waals surface area contributed by atoms with Gasteiger partial charge in [0.2, 0.25) is 11.8 Å². The van der Waals surface area contributed by atoms with Gasteiger partial charge in [-0.2, -0.15) is 0 Å². The molecular weight excluding hydrogens is 585 g/mol. The first-order chi connectivity index (χ1) is 19.6. The Morgan fingerprint density at radius 1 is 0.976 bits per heavy atom. The Kier molecular flexibility index (Phi) is 11.9. The second-order valence-corrected chi connectivity index (χ2v) is 12.0. The summed E-state index contributed by atoms with van der Waals surface area (Å²) in [4.78, 5) is 28.4. The zero-order chi connectivity index (χ0) is 30.0. The molecule has 8 nitrogen and oxygen atoms in total. The van der Waals surface area contributed by atoms with Crippen LogP contribution in [0.15, 0.2) is 77.7 Å². The minimum Gasteiger partial charge on any atom is -0.494 e. The van der Waals surface area contributed by atoms with Gasteiger partial charge in [0.1, 0.15) is 18.3 Å². The van der Waals surface area contributed by atoms with Gasteiger partial charge >= 0.3 is 0 Å². The number of nitrogens with zero attached hydrogens (tertiary/aromatic N) is 2. The fourth-order valence-electron chi connectivity index (χ4n) is 4.08. The van der Waals surface area contributed by atoms with Gasteiger partial charge in [-0.3, -0.25) is 13.9 Å². The van der Waals surface area contributed by atoms with Crippen LogP contribution in [0.1, 0.15) is 39.2 Å². The van der Waals surface area contributed by atoms with Gasteiger partial charge in [0.25, 0.3) is 10.0 Å². The van der Waals surface area contributed by atoms with Gasteiger partial charge in [-0.25, -0.2) is 8.42 Å². The van der Waals surface area contributed by atoms with E-state index in [1.165, 1.54) is 17.0 Å². The molecule has 0 aliphatic carbocycles. The summed E-state index contributed by atoms with van der Waals surface area (Å²) < 4.78 is 34.2. The van der Waals surface area contributed by atoms with Crippen LogP contribution in [0.5, 0.6) is 5.75 Å². The summed E-state index contributed by atoms with van der Waals surface area (Å²) in [6, 6.07) is 18.3. The molecule has 3 aromatic rings. The third kappa shape index (κ3) is 8.61. The number of anilines is 1. The molecule has 220 valence electrons. The molecule has 1 atom stereocenters. The highest BCUT2D eigenvalue weighted by atomic mass is 35.5. The number of carbonyl (C=O) groups is 2. The average molecular weight is 621 g/mol. The van der Waals surface area contributed by atoms with E-state index in [-0.39, 0.29) is 23.0 Å². The van der Waals surface area contributed by atoms with Crippen LogP contribution in [-0.4, -0.2) is 50.9 Å². The molecule has 0 unspecified atom stereocenters. The minimum atomic E-state index is -4.16. The number of nitrogens with one attached hydrogen (secondary N) is 1. The predicted octanol–water partition coefficient (Wildman–Crippen LogP) is 5.92. The average Bonchev–Trinajstić information content (AvgIpc) is 2.96. The summed E-state index contributed by atoms with van der Waals surface area (Å²) in [6.07, 6.45) is 1.68. The third-order valence-corrected chi connectivity index (χ3v) is 8.77. The van der Waals surface area contributed by atoms with Crippen LogP contribution in [0.25, 0.3) is 0 Å². The van der Waals surface area contributed by atoms with Crippen molar-refractivity contribution in [1.29, 1.82) is 0 Å². The molecule has 0 saturated carbocycles. The van der Waals surface area contributed by atoms with Crippen LogP contribution < -0.4 is 14.4 Å². The lowest BCUT2D eigenvalue weighted by Gasteiger charge is -2.32. The minimum absolute atomic E-state index is 0.0272. The van der Waals surface area contributed by atoms with Gasteiger partial charge in [0, 0.05) is 23.1 Å². The first-order valence-electron chi connectivity index (χ1n) is 13.4. The Bertz CT molecular complexity index is 1420. The van der Waals surface area contributed by atoms with Crippen molar-refractivity contribution in [3.63, 3.8) is 0 Å². The van der Waals surface area contributed by atoms with E-state index in [9.17, 15) is 18.0 Å². The number of carbonyl (C=O) groups excluding carboxylic acids is 2. The van der Waals surface area contributed by atoms with E-state index in [1.807, 2.05) is 13.8 Å². The molecule has 3 rings (SSSR count). The number of sulfonamides is 1. The van der Waals surface area contributed by atoms with Crippen LogP contribution in [0, 0.1) is 0 Å². The van der Waals surface area contributed by atoms with Gasteiger partial charge in [-0.1, -0.05) is 60.8 Å². The summed E-state index contributed by atoms with van der Waals surface area (Å²) in [6.45, 7) is 5.80. The van der Waals surface area contributed by atoms with Crippen LogP contribution >= 0.6 is 23.2 Å². The predicted molar refractivity (Wildman–Crippen MR) is 163 cm³/mol. The summed E-state index contributed by atoms with van der Waals surface area (Å²) >= 11 is 12.5. The number of hydrogen-bond donors (Lipinski definition) is 1. The molecule has 0 fully saturated rings. The highest BCUT2D eigenvalue weighted by Gasteiger charge is 2.32. The van der Waals surface area contributed by atoms with Gasteiger partial charge < -0.3 is 15.0 Å². The van der Waals surface area contributed by atoms with Gasteiger partial charge in [0.05, 0.1) is 17.2 Å². The maximum absolute atomic E-state index is 14.0. The second kappa shape index (κ2) is 15.1. The fourth-order valence-corrected chi connectivity index (χ4v) is 5.98. The third-order valence-electron chi connectivity index (χ3n) is 6.40. The lowest BCUT2D eigenvalue weighted by molar-refractivity contribution is -0.139. The highest BCUT2D eigenvalue weighted by Crippen LogP contribution is 2.27. The number of unbranched alkanes of at least 4 members (excludes halogenated alkanes) is 1. The van der Waals surface area contributed by atoms with Crippen LogP contribution in [-0.2, 0) is 26.2 Å². The number of rotatable bonds is 14. The van der Waals surface area contributed by atoms with E-state index in [0.717, 1.165) is 17.1 Å². The Morgan fingerprint density at radius 3 is 2.27 bits per heavy atom. The number of benzene rings is 3. The monoisotopic (exact) mass is 619 g/mol. The molecule has 0 aromatic heterocycles. The zero-order valence-electron chi connectivity index (χ0n) is 23.3. The molecule has 1 N–H and O–H groups in total. The van der Waals surface area contributed by atoms with E-state index in [0.29, 0.717) is 34.5 Å². The van der Waals surface area contributed by atoms with Gasteiger partial charge in [0.15, 0.2) is 0 Å². The molecular formula is C30H35Cl2N3O5S. The van der Waals surface area contributed by atoms with E-state index in [2.05, 4.69) is 5.32 Å². The highest BCUT2D eigenvalue weighted by molar-refractivity contribution is 7.92. The normalized spacial score (nSPS) is 11.9. The molecule has 41 heavy (non-hydrogen) atoms. The van der Waals surface area contributed by atoms with Gasteiger partial charge in [-0.15, -0.1) is 0 Å². The van der Waals surface area contributed by atoms with Crippen LogP contribution in [0.3, 0.4) is 0 Å². The number of amides is 2. The molecule has 0 heterocycles. The van der Waals surface area contributed by atoms with E-state index in [1.54, 1.807) is 67.6 Å². The molecule has 0 bridgehead atoms. The summed E-state index contributed by atoms with van der Waals surface area (Å²) in [5.74, 6) is -0.367. The maximum atomic E-state index is 14.0. The summed E-state index contributed by atoms with van der Waals surface area (Å²) in [5, 5.41) is 3.61. The van der Waals surface area contributed by atoms with E-state index < -0.39 is 28.5 Å². The number of halogens is 2. The molecule has 3 aromatic carbocycles. The Hall–Kier alpha value is -3.27. The van der Waals surface area contributed by atoms with Crippen molar-refractivity contribution in [1.82, 2.24) is 10.2 Å². The SMILES string of the molecule is CCCCNC(=O)[C@@H](C)N(Cc1ccc(Cl)cc1Cl)C(=O)CN(c1ccc(OCC)cc1)S(=O)(=O)c1ccccc1. The lowest BCUT2D eigenvalue weighted by Crippen LogP contribution is -2.51. The molecule has 0 saturated heterocycles. The van der Waals surface area contributed by atoms with Crippen molar-refractivity contribution >= 4 is 50.7 Å². The maximum Gasteiger partial charge on any atom is 0.264 e.